The van der Waals surface area contributed by atoms with E-state index in [-0.39, 0.29) is 63.1 Å². The predicted octanol–water partition coefficient (Wildman–Crippen LogP) is 12.5. The molecule has 0 N–H and O–H groups in total. The van der Waals surface area contributed by atoms with Crippen molar-refractivity contribution in [1.82, 2.24) is 18.7 Å². The third kappa shape index (κ3) is 11.7. The average Bonchev–Trinajstić information content (AvgIpc) is 3.96. The number of hydrogen-bond acceptors (Lipinski definition) is 8. The highest BCUT2D eigenvalue weighted by molar-refractivity contribution is 9.10. The molecule has 67 heavy (non-hydrogen) atoms. The van der Waals surface area contributed by atoms with Crippen LogP contribution in [0.1, 0.15) is 68.3 Å². The summed E-state index contributed by atoms with van der Waals surface area (Å²) in [6.07, 6.45) is 7.33. The average molecular weight is 994 g/mol. The molecule has 348 valence electrons. The highest BCUT2D eigenvalue weighted by atomic mass is 79.9. The topological polar surface area (TPSA) is 122 Å². The molecule has 0 saturated carbocycles. The highest BCUT2D eigenvalue weighted by Gasteiger charge is 2.27. The van der Waals surface area contributed by atoms with Gasteiger partial charge in [0.05, 0.1) is 28.8 Å². The number of hydrogen-bond donors (Lipinski definition) is 0. The summed E-state index contributed by atoms with van der Waals surface area (Å²) < 4.78 is 80.2. The van der Waals surface area contributed by atoms with E-state index in [0.717, 1.165) is 50.1 Å². The van der Waals surface area contributed by atoms with Crippen molar-refractivity contribution in [3.8, 4) is 22.8 Å². The van der Waals surface area contributed by atoms with Crippen molar-refractivity contribution in [3.63, 3.8) is 0 Å². The largest absolute Gasteiger partial charge is 0.463 e. The van der Waals surface area contributed by atoms with Gasteiger partial charge >= 0.3 is 12.1 Å². The van der Waals surface area contributed by atoms with E-state index in [2.05, 4.69) is 29.8 Å². The Morgan fingerprint density at radius 1 is 0.896 bits per heavy atom. The van der Waals surface area contributed by atoms with Crippen LogP contribution in [-0.4, -0.2) is 59.3 Å². The standard InChI is InChI=1S/C52H51BrF2N4O7S/c1-6-64-49(60)24-22-42-41-25-29-59(67(62,63)40-20-17-35(2)18-21-40)48(41)32-45(55)50(42)66-39-19-23-44(54)43(31-39)46-26-28-58(56-46)47(37-14-10-15-38(53)30-37)16-11-27-52(3,4)34-57(5)51(61)65-33-36-12-8-7-9-13-36/h7-10,12-15,17-26,28-32,47H,6,11,16,27,33-34H2,1-5H3/b24-22+. The number of fused-ring (bicyclic) bond motifs is 1. The van der Waals surface area contributed by atoms with Gasteiger partial charge in [-0.2, -0.15) is 5.10 Å². The molecule has 2 heterocycles. The van der Waals surface area contributed by atoms with Crippen LogP contribution in [-0.2, 0) is 30.9 Å². The zero-order chi connectivity index (χ0) is 47.9. The lowest BCUT2D eigenvalue weighted by atomic mass is 9.85. The van der Waals surface area contributed by atoms with Crippen molar-refractivity contribution in [1.29, 1.82) is 0 Å². The van der Waals surface area contributed by atoms with Crippen molar-refractivity contribution < 1.29 is 41.0 Å². The SMILES string of the molecule is CCOC(=O)/C=C/c1c(Oc2ccc(F)c(-c3ccn(C(CCCC(C)(C)CN(C)C(=O)OCc4ccccc4)c4cccc(Br)c4)n3)c2)c(F)cc2c1ccn2S(=O)(=O)c1ccc(C)cc1. The van der Waals surface area contributed by atoms with E-state index < -0.39 is 33.7 Å². The van der Waals surface area contributed by atoms with Crippen molar-refractivity contribution in [3.05, 3.63) is 172 Å². The maximum atomic E-state index is 16.4. The Labute approximate surface area is 397 Å². The molecule has 0 spiro atoms. The number of aryl methyl sites for hydroxylation is 1. The van der Waals surface area contributed by atoms with E-state index >= 15 is 8.78 Å². The number of ether oxygens (including phenoxy) is 3. The maximum absolute atomic E-state index is 16.4. The number of amides is 1. The molecule has 11 nitrogen and oxygen atoms in total. The van der Waals surface area contributed by atoms with Crippen molar-refractivity contribution in [2.24, 2.45) is 5.41 Å². The van der Waals surface area contributed by atoms with Crippen LogP contribution in [0.3, 0.4) is 0 Å². The van der Waals surface area contributed by atoms with Gasteiger partial charge in [0.15, 0.2) is 11.6 Å². The molecule has 0 fully saturated rings. The minimum Gasteiger partial charge on any atom is -0.463 e. The Kier molecular flexibility index (Phi) is 15.1. The summed E-state index contributed by atoms with van der Waals surface area (Å²) in [5.74, 6) is -2.50. The van der Waals surface area contributed by atoms with E-state index in [9.17, 15) is 18.0 Å². The summed E-state index contributed by atoms with van der Waals surface area (Å²) in [5, 5.41) is 5.13. The molecule has 1 amide bonds. The molecule has 0 aliphatic rings. The summed E-state index contributed by atoms with van der Waals surface area (Å²) in [6.45, 7) is 8.48. The molecule has 0 radical (unpaired) electrons. The second kappa shape index (κ2) is 20.9. The fourth-order valence-electron chi connectivity index (χ4n) is 7.97. The van der Waals surface area contributed by atoms with Crippen LogP contribution >= 0.6 is 15.9 Å². The second-order valence-corrected chi connectivity index (χ2v) is 19.7. The molecular weight excluding hydrogens is 943 g/mol. The molecule has 0 aliphatic carbocycles. The zero-order valence-electron chi connectivity index (χ0n) is 37.8. The first-order valence-corrected chi connectivity index (χ1v) is 24.0. The van der Waals surface area contributed by atoms with Crippen molar-refractivity contribution in [2.45, 2.75) is 64.5 Å². The molecule has 1 atom stereocenters. The Bertz CT molecular complexity index is 3030. The molecule has 2 aromatic heterocycles. The summed E-state index contributed by atoms with van der Waals surface area (Å²) in [6, 6.07) is 31.7. The van der Waals surface area contributed by atoms with Gasteiger partial charge in [-0.3, -0.25) is 4.68 Å². The molecule has 7 aromatic rings. The quantitative estimate of drug-likeness (QED) is 0.0615. The number of nitrogens with zero attached hydrogens (tertiary/aromatic N) is 4. The number of halogens is 3. The monoisotopic (exact) mass is 992 g/mol. The van der Waals surface area contributed by atoms with Crippen LogP contribution in [0.5, 0.6) is 11.5 Å². The Hall–Kier alpha value is -6.58. The minimum atomic E-state index is -4.15. The number of carbonyl (C=O) groups is 2. The van der Waals surface area contributed by atoms with E-state index in [1.807, 2.05) is 61.5 Å². The first-order chi connectivity index (χ1) is 32.0. The second-order valence-electron chi connectivity index (χ2n) is 17.0. The van der Waals surface area contributed by atoms with Crippen molar-refractivity contribution >= 4 is 55.0 Å². The van der Waals surface area contributed by atoms with Crippen molar-refractivity contribution in [2.75, 3.05) is 20.2 Å². The van der Waals surface area contributed by atoms with Crippen LogP contribution < -0.4 is 4.74 Å². The predicted molar refractivity (Wildman–Crippen MR) is 258 cm³/mol. The lowest BCUT2D eigenvalue weighted by Gasteiger charge is -2.30. The third-order valence-electron chi connectivity index (χ3n) is 11.3. The van der Waals surface area contributed by atoms with Crippen LogP contribution in [0, 0.1) is 24.0 Å². The molecular formula is C52H51BrF2N4O7S. The first-order valence-electron chi connectivity index (χ1n) is 21.7. The van der Waals surface area contributed by atoms with Crippen LogP contribution in [0.25, 0.3) is 28.2 Å². The Morgan fingerprint density at radius 3 is 2.39 bits per heavy atom. The number of rotatable bonds is 18. The van der Waals surface area contributed by atoms with Gasteiger partial charge in [-0.05, 0) is 104 Å². The lowest BCUT2D eigenvalue weighted by Crippen LogP contribution is -2.36. The fraction of sp³-hybridized carbons (Fsp3) is 0.250. The van der Waals surface area contributed by atoms with Gasteiger partial charge in [0.2, 0.25) is 0 Å². The van der Waals surface area contributed by atoms with Gasteiger partial charge < -0.3 is 19.1 Å². The normalized spacial score (nSPS) is 12.4. The number of aromatic nitrogens is 3. The fourth-order valence-corrected chi connectivity index (χ4v) is 9.72. The van der Waals surface area contributed by atoms with Crippen LogP contribution in [0.4, 0.5) is 13.6 Å². The summed E-state index contributed by atoms with van der Waals surface area (Å²) in [5.41, 5.74) is 2.98. The summed E-state index contributed by atoms with van der Waals surface area (Å²) >= 11 is 3.60. The number of esters is 1. The molecule has 15 heteroatoms. The molecule has 0 bridgehead atoms. The Morgan fingerprint density at radius 2 is 1.66 bits per heavy atom. The molecule has 5 aromatic carbocycles. The minimum absolute atomic E-state index is 0.00654. The van der Waals surface area contributed by atoms with Gasteiger partial charge in [0.1, 0.15) is 18.2 Å². The van der Waals surface area contributed by atoms with E-state index in [1.165, 1.54) is 48.7 Å². The summed E-state index contributed by atoms with van der Waals surface area (Å²) in [7, 11) is -2.42. The third-order valence-corrected chi connectivity index (χ3v) is 13.5. The lowest BCUT2D eigenvalue weighted by molar-refractivity contribution is -0.137. The number of benzene rings is 5. The van der Waals surface area contributed by atoms with Gasteiger partial charge in [-0.25, -0.2) is 30.8 Å². The smallest absolute Gasteiger partial charge is 0.409 e. The van der Waals surface area contributed by atoms with Crippen LogP contribution in [0.2, 0.25) is 0 Å². The van der Waals surface area contributed by atoms with Gasteiger partial charge in [0.25, 0.3) is 10.0 Å². The van der Waals surface area contributed by atoms with Gasteiger partial charge in [-0.1, -0.05) is 96.4 Å². The van der Waals surface area contributed by atoms with Gasteiger partial charge in [-0.15, -0.1) is 0 Å². The first kappa shape index (κ1) is 48.4. The molecule has 0 saturated heterocycles. The number of carbonyl (C=O) groups excluding carboxylic acids is 2. The Balaban J connectivity index is 1.14. The molecule has 1 unspecified atom stereocenters. The maximum Gasteiger partial charge on any atom is 0.409 e. The highest BCUT2D eigenvalue weighted by Crippen LogP contribution is 2.39. The van der Waals surface area contributed by atoms with E-state index in [4.69, 9.17) is 19.3 Å². The molecule has 7 rings (SSSR count). The van der Waals surface area contributed by atoms with E-state index in [0.29, 0.717) is 18.7 Å². The van der Waals surface area contributed by atoms with Gasteiger partial charge in [0, 0.05) is 59.1 Å². The molecule has 0 aliphatic heterocycles. The van der Waals surface area contributed by atoms with Crippen LogP contribution in [0.15, 0.2) is 143 Å². The van der Waals surface area contributed by atoms with E-state index in [1.54, 1.807) is 47.9 Å². The summed E-state index contributed by atoms with van der Waals surface area (Å²) in [4.78, 5) is 27.0. The zero-order valence-corrected chi connectivity index (χ0v) is 40.2.